The number of benzene rings is 2. The van der Waals surface area contributed by atoms with E-state index in [-0.39, 0.29) is 0 Å². The summed E-state index contributed by atoms with van der Waals surface area (Å²) in [5.41, 5.74) is 0. The molecule has 7 nitrogen and oxygen atoms in total. The fourth-order valence-corrected chi connectivity index (χ4v) is 2.25. The van der Waals surface area contributed by atoms with E-state index in [1.807, 2.05) is 36.4 Å². The van der Waals surface area contributed by atoms with Crippen LogP contribution in [0.1, 0.15) is 0 Å². The van der Waals surface area contributed by atoms with Crippen molar-refractivity contribution in [1.29, 1.82) is 0 Å². The molecule has 2 aromatic carbocycles. The average Bonchev–Trinajstić information content (AvgIpc) is 2.60. The van der Waals surface area contributed by atoms with Crippen LogP contribution in [-0.4, -0.2) is 67.4 Å². The van der Waals surface area contributed by atoms with E-state index in [4.69, 9.17) is 36.1 Å². The molecule has 0 aliphatic rings. The highest BCUT2D eigenvalue weighted by Gasteiger charge is 2.05. The molecular formula is C18H23ClN2O5. The molecular weight excluding hydrogens is 360 g/mol. The van der Waals surface area contributed by atoms with Crippen LogP contribution in [0.2, 0.25) is 5.02 Å². The Bertz CT molecular complexity index is 725. The molecule has 0 spiro atoms. The van der Waals surface area contributed by atoms with E-state index in [1.54, 1.807) is 0 Å². The highest BCUT2D eigenvalue weighted by Crippen LogP contribution is 2.31. The summed E-state index contributed by atoms with van der Waals surface area (Å²) in [6.07, 6.45) is 0. The first-order valence-electron chi connectivity index (χ1n) is 7.94. The zero-order valence-electron chi connectivity index (χ0n) is 14.7. The summed E-state index contributed by atoms with van der Waals surface area (Å²) in [6.45, 7) is 3.49. The van der Waals surface area contributed by atoms with Gasteiger partial charge in [0.15, 0.2) is 0 Å². The van der Waals surface area contributed by atoms with Gasteiger partial charge in [0, 0.05) is 35.4 Å². The molecule has 0 saturated heterocycles. The Balaban J connectivity index is 0.000000487. The first-order chi connectivity index (χ1) is 12.3. The van der Waals surface area contributed by atoms with Gasteiger partial charge in [-0.3, -0.25) is 0 Å². The zero-order valence-corrected chi connectivity index (χ0v) is 15.5. The molecule has 0 aliphatic heterocycles. The highest BCUT2D eigenvalue weighted by atomic mass is 35.5. The minimum absolute atomic E-state index is 0.652. The number of aliphatic carboxylic acids is 2. The van der Waals surface area contributed by atoms with E-state index in [2.05, 4.69) is 24.3 Å². The highest BCUT2D eigenvalue weighted by molar-refractivity contribution is 6.35. The van der Waals surface area contributed by atoms with Crippen molar-refractivity contribution in [2.45, 2.75) is 0 Å². The monoisotopic (exact) mass is 382 g/mol. The number of likely N-dealkylation sites (N-methyl/N-ethyl adjacent to an activating group) is 1. The SMILES string of the molecule is CN(C)CCNCCOc1ccc(Cl)c2ccccc12.O=C(O)C(=O)O. The lowest BCUT2D eigenvalue weighted by Crippen LogP contribution is -2.29. The van der Waals surface area contributed by atoms with Crippen LogP contribution in [0, 0.1) is 0 Å². The van der Waals surface area contributed by atoms with Crippen LogP contribution in [0.15, 0.2) is 36.4 Å². The van der Waals surface area contributed by atoms with Crippen molar-refractivity contribution in [3.63, 3.8) is 0 Å². The van der Waals surface area contributed by atoms with Gasteiger partial charge in [-0.15, -0.1) is 0 Å². The first kappa shape index (κ1) is 21.7. The van der Waals surface area contributed by atoms with E-state index in [0.717, 1.165) is 41.2 Å². The third-order valence-electron chi connectivity index (χ3n) is 3.29. The van der Waals surface area contributed by atoms with Crippen LogP contribution < -0.4 is 10.1 Å². The van der Waals surface area contributed by atoms with Gasteiger partial charge >= 0.3 is 11.9 Å². The van der Waals surface area contributed by atoms with Gasteiger partial charge in [-0.2, -0.15) is 0 Å². The molecule has 3 N–H and O–H groups in total. The lowest BCUT2D eigenvalue weighted by molar-refractivity contribution is -0.159. The molecule has 0 aliphatic carbocycles. The molecule has 0 heterocycles. The number of hydrogen-bond donors (Lipinski definition) is 3. The van der Waals surface area contributed by atoms with E-state index in [9.17, 15) is 0 Å². The third kappa shape index (κ3) is 7.69. The first-order valence-corrected chi connectivity index (χ1v) is 8.32. The number of carbonyl (C=O) groups is 2. The van der Waals surface area contributed by atoms with Crippen LogP contribution in [0.4, 0.5) is 0 Å². The fourth-order valence-electron chi connectivity index (χ4n) is 2.02. The van der Waals surface area contributed by atoms with Crippen molar-refractivity contribution in [3.8, 4) is 5.75 Å². The molecule has 0 aromatic heterocycles. The van der Waals surface area contributed by atoms with Gasteiger partial charge in [-0.1, -0.05) is 35.9 Å². The summed E-state index contributed by atoms with van der Waals surface area (Å²) in [5, 5.41) is 21.0. The predicted molar refractivity (Wildman–Crippen MR) is 101 cm³/mol. The van der Waals surface area contributed by atoms with Crippen LogP contribution in [-0.2, 0) is 9.59 Å². The number of hydrogen-bond acceptors (Lipinski definition) is 5. The molecule has 2 aromatic rings. The normalized spacial score (nSPS) is 10.3. The van der Waals surface area contributed by atoms with Gasteiger partial charge in [0.2, 0.25) is 0 Å². The number of ether oxygens (including phenoxy) is 1. The Morgan fingerprint density at radius 3 is 2.23 bits per heavy atom. The minimum atomic E-state index is -1.82. The number of carboxylic acid groups (broad SMARTS) is 2. The number of fused-ring (bicyclic) bond motifs is 1. The summed E-state index contributed by atoms with van der Waals surface area (Å²) in [4.78, 5) is 20.4. The van der Waals surface area contributed by atoms with E-state index >= 15 is 0 Å². The lowest BCUT2D eigenvalue weighted by atomic mass is 10.1. The summed E-state index contributed by atoms with van der Waals surface area (Å²) in [5.74, 6) is -2.76. The van der Waals surface area contributed by atoms with Crippen molar-refractivity contribution >= 4 is 34.3 Å². The Labute approximate surface area is 157 Å². The smallest absolute Gasteiger partial charge is 0.414 e. The summed E-state index contributed by atoms with van der Waals surface area (Å²) >= 11 is 6.19. The molecule has 0 fully saturated rings. The van der Waals surface area contributed by atoms with Crippen LogP contribution >= 0.6 is 11.6 Å². The van der Waals surface area contributed by atoms with Crippen LogP contribution in [0.25, 0.3) is 10.8 Å². The quantitative estimate of drug-likeness (QED) is 0.498. The lowest BCUT2D eigenvalue weighted by Gasteiger charge is -2.12. The fraction of sp³-hybridized carbons (Fsp3) is 0.333. The Hall–Kier alpha value is -2.35. The molecule has 26 heavy (non-hydrogen) atoms. The largest absolute Gasteiger partial charge is 0.492 e. The van der Waals surface area contributed by atoms with Crippen molar-refractivity contribution < 1.29 is 24.5 Å². The Morgan fingerprint density at radius 1 is 1.04 bits per heavy atom. The third-order valence-corrected chi connectivity index (χ3v) is 3.62. The zero-order chi connectivity index (χ0) is 19.5. The molecule has 0 radical (unpaired) electrons. The van der Waals surface area contributed by atoms with Crippen LogP contribution in [0.3, 0.4) is 0 Å². The number of halogens is 1. The van der Waals surface area contributed by atoms with Crippen molar-refractivity contribution in [3.05, 3.63) is 41.4 Å². The maximum Gasteiger partial charge on any atom is 0.414 e. The van der Waals surface area contributed by atoms with Gasteiger partial charge in [-0.05, 0) is 26.2 Å². The Kier molecular flexibility index (Phi) is 9.43. The molecule has 0 saturated carbocycles. The van der Waals surface area contributed by atoms with E-state index < -0.39 is 11.9 Å². The van der Waals surface area contributed by atoms with Gasteiger partial charge in [0.1, 0.15) is 12.4 Å². The van der Waals surface area contributed by atoms with Gasteiger partial charge < -0.3 is 25.2 Å². The molecule has 2 rings (SSSR count). The standard InChI is InChI=1S/C16H21ClN2O.C2H2O4/c1-19(2)11-9-18-10-12-20-16-8-7-15(17)13-5-3-4-6-14(13)16;3-1(4)2(5)6/h3-8,18H,9-12H2,1-2H3;(H,3,4)(H,5,6). The van der Waals surface area contributed by atoms with Gasteiger partial charge in [-0.25, -0.2) is 9.59 Å². The maximum absolute atomic E-state index is 9.10. The summed E-state index contributed by atoms with van der Waals surface area (Å²) in [6, 6.07) is 11.9. The van der Waals surface area contributed by atoms with Crippen molar-refractivity contribution in [2.24, 2.45) is 0 Å². The molecule has 0 bridgehead atoms. The minimum Gasteiger partial charge on any atom is -0.492 e. The molecule has 0 amide bonds. The van der Waals surface area contributed by atoms with Crippen LogP contribution in [0.5, 0.6) is 5.75 Å². The number of nitrogens with zero attached hydrogens (tertiary/aromatic N) is 1. The van der Waals surface area contributed by atoms with Crippen molar-refractivity contribution in [2.75, 3.05) is 40.3 Å². The second-order valence-electron chi connectivity index (χ2n) is 5.60. The maximum atomic E-state index is 9.10. The summed E-state index contributed by atoms with van der Waals surface area (Å²) in [7, 11) is 4.13. The molecule has 142 valence electrons. The molecule has 8 heteroatoms. The molecule has 0 unspecified atom stereocenters. The average molecular weight is 383 g/mol. The van der Waals surface area contributed by atoms with Gasteiger partial charge in [0.05, 0.1) is 0 Å². The van der Waals surface area contributed by atoms with Crippen molar-refractivity contribution in [1.82, 2.24) is 10.2 Å². The van der Waals surface area contributed by atoms with E-state index in [1.165, 1.54) is 0 Å². The number of rotatable bonds is 7. The summed E-state index contributed by atoms with van der Waals surface area (Å²) < 4.78 is 5.85. The topological polar surface area (TPSA) is 99.1 Å². The Morgan fingerprint density at radius 2 is 1.65 bits per heavy atom. The van der Waals surface area contributed by atoms with Gasteiger partial charge in [0.25, 0.3) is 0 Å². The number of carboxylic acids is 2. The second-order valence-corrected chi connectivity index (χ2v) is 6.01. The number of nitrogens with one attached hydrogen (secondary N) is 1. The van der Waals surface area contributed by atoms with E-state index in [0.29, 0.717) is 6.61 Å². The second kappa shape index (κ2) is 11.3. The molecule has 0 atom stereocenters. The predicted octanol–water partition coefficient (Wildman–Crippen LogP) is 2.18.